The van der Waals surface area contributed by atoms with E-state index in [0.717, 1.165) is 0 Å². The Kier molecular flexibility index (Phi) is 7.02. The number of hydrogen-bond acceptors (Lipinski definition) is 0. The standard InChI is InChI=1S/C27H35I/c1-18(2)24(20-10-14-22(15-11-20)26(4,5)6)19(3)25(28)21-12-16-23(17-13-21)27(7,8)9/h10-17H,1-9H3/b25-19-. The maximum absolute atomic E-state index is 2.51. The highest BCUT2D eigenvalue weighted by Crippen LogP contribution is 2.37. The van der Waals surface area contributed by atoms with Crippen LogP contribution in [-0.2, 0) is 10.8 Å². The van der Waals surface area contributed by atoms with Crippen molar-refractivity contribution in [2.45, 2.75) is 73.1 Å². The summed E-state index contributed by atoms with van der Waals surface area (Å²) < 4.78 is 1.31. The zero-order valence-corrected chi connectivity index (χ0v) is 21.2. The molecule has 0 saturated carbocycles. The zero-order valence-electron chi connectivity index (χ0n) is 19.0. The first kappa shape index (κ1) is 22.9. The third kappa shape index (κ3) is 5.37. The summed E-state index contributed by atoms with van der Waals surface area (Å²) in [5.74, 6) is 0. The van der Waals surface area contributed by atoms with Crippen molar-refractivity contribution in [3.8, 4) is 0 Å². The number of allylic oxidation sites excluding steroid dienone is 3. The number of halogens is 1. The summed E-state index contributed by atoms with van der Waals surface area (Å²) in [5.41, 5.74) is 9.73. The molecule has 0 heterocycles. The van der Waals surface area contributed by atoms with Crippen molar-refractivity contribution in [3.05, 3.63) is 81.9 Å². The Morgan fingerprint density at radius 2 is 0.964 bits per heavy atom. The highest BCUT2D eigenvalue weighted by atomic mass is 127. The van der Waals surface area contributed by atoms with Gasteiger partial charge in [-0.05, 0) is 87.6 Å². The summed E-state index contributed by atoms with van der Waals surface area (Å²) in [4.78, 5) is 0. The van der Waals surface area contributed by atoms with Crippen LogP contribution in [0.3, 0.4) is 0 Å². The van der Waals surface area contributed by atoms with Crippen molar-refractivity contribution >= 4 is 31.7 Å². The predicted molar refractivity (Wildman–Crippen MR) is 135 cm³/mol. The molecule has 0 atom stereocenters. The van der Waals surface area contributed by atoms with Crippen LogP contribution in [0.2, 0.25) is 0 Å². The van der Waals surface area contributed by atoms with Crippen LogP contribution in [0, 0.1) is 0 Å². The second-order valence-electron chi connectivity index (χ2n) is 9.97. The molecule has 0 fully saturated rings. The summed E-state index contributed by atoms with van der Waals surface area (Å²) in [5, 5.41) is 0. The highest BCUT2D eigenvalue weighted by Gasteiger charge is 2.17. The van der Waals surface area contributed by atoms with Crippen molar-refractivity contribution in [2.75, 3.05) is 0 Å². The molecule has 0 aliphatic heterocycles. The van der Waals surface area contributed by atoms with Gasteiger partial charge in [0.1, 0.15) is 0 Å². The van der Waals surface area contributed by atoms with Crippen LogP contribution < -0.4 is 0 Å². The van der Waals surface area contributed by atoms with Crippen LogP contribution in [0.15, 0.2) is 59.7 Å². The fourth-order valence-corrected chi connectivity index (χ4v) is 4.09. The molecule has 0 spiro atoms. The van der Waals surface area contributed by atoms with E-state index in [9.17, 15) is 0 Å². The highest BCUT2D eigenvalue weighted by molar-refractivity contribution is 14.1. The Morgan fingerprint density at radius 3 is 1.29 bits per heavy atom. The molecule has 0 nitrogen and oxygen atoms in total. The van der Waals surface area contributed by atoms with E-state index in [-0.39, 0.29) is 10.8 Å². The number of benzene rings is 2. The van der Waals surface area contributed by atoms with Crippen LogP contribution in [0.25, 0.3) is 9.15 Å². The van der Waals surface area contributed by atoms with Gasteiger partial charge in [-0.3, -0.25) is 0 Å². The molecule has 0 saturated heterocycles. The lowest BCUT2D eigenvalue weighted by Gasteiger charge is -2.21. The number of hydrogen-bond donors (Lipinski definition) is 0. The fourth-order valence-electron chi connectivity index (χ4n) is 3.46. The van der Waals surface area contributed by atoms with E-state index in [2.05, 4.69) is 133 Å². The Hall–Kier alpha value is -1.35. The molecular formula is C27H35I. The average molecular weight is 486 g/mol. The van der Waals surface area contributed by atoms with E-state index >= 15 is 0 Å². The smallest absolute Gasteiger partial charge is 0.0238 e. The molecule has 2 aromatic rings. The van der Waals surface area contributed by atoms with E-state index in [1.165, 1.54) is 42.6 Å². The molecule has 0 aliphatic carbocycles. The van der Waals surface area contributed by atoms with E-state index in [0.29, 0.717) is 0 Å². The van der Waals surface area contributed by atoms with Gasteiger partial charge >= 0.3 is 0 Å². The first-order valence-corrected chi connectivity index (χ1v) is 11.2. The molecule has 0 unspecified atom stereocenters. The molecule has 0 bridgehead atoms. The SMILES string of the molecule is CC(C)=C(/C(C)=C(\I)c1ccc(C(C)(C)C)cc1)c1ccc(C(C)(C)C)cc1. The molecule has 0 aliphatic rings. The van der Waals surface area contributed by atoms with E-state index in [4.69, 9.17) is 0 Å². The summed E-state index contributed by atoms with van der Waals surface area (Å²) >= 11 is 2.51. The zero-order chi connectivity index (χ0) is 21.3. The van der Waals surface area contributed by atoms with Gasteiger partial charge in [0.2, 0.25) is 0 Å². The van der Waals surface area contributed by atoms with Gasteiger partial charge in [-0.1, -0.05) is 95.6 Å². The lowest BCUT2D eigenvalue weighted by Crippen LogP contribution is -2.10. The molecule has 0 N–H and O–H groups in total. The van der Waals surface area contributed by atoms with Gasteiger partial charge in [-0.2, -0.15) is 0 Å². The molecule has 0 radical (unpaired) electrons. The Morgan fingerprint density at radius 1 is 0.607 bits per heavy atom. The third-order valence-corrected chi connectivity index (χ3v) is 6.68. The molecule has 2 rings (SSSR count). The summed E-state index contributed by atoms with van der Waals surface area (Å²) in [6, 6.07) is 18.2. The number of rotatable bonds is 3. The Bertz CT molecular complexity index is 873. The minimum absolute atomic E-state index is 0.178. The van der Waals surface area contributed by atoms with Crippen molar-refractivity contribution < 1.29 is 0 Å². The summed E-state index contributed by atoms with van der Waals surface area (Å²) in [7, 11) is 0. The maximum atomic E-state index is 2.51. The predicted octanol–water partition coefficient (Wildman–Crippen LogP) is 8.94. The van der Waals surface area contributed by atoms with Crippen LogP contribution in [0.1, 0.15) is 84.6 Å². The van der Waals surface area contributed by atoms with Gasteiger partial charge in [-0.25, -0.2) is 0 Å². The Balaban J connectivity index is 2.47. The molecule has 0 amide bonds. The van der Waals surface area contributed by atoms with E-state index in [1.54, 1.807) is 0 Å². The first-order valence-electron chi connectivity index (χ1n) is 10.1. The minimum atomic E-state index is 0.178. The maximum Gasteiger partial charge on any atom is 0.0238 e. The van der Waals surface area contributed by atoms with Crippen LogP contribution in [-0.4, -0.2) is 0 Å². The van der Waals surface area contributed by atoms with Crippen molar-refractivity contribution in [1.82, 2.24) is 0 Å². The van der Waals surface area contributed by atoms with Gasteiger partial charge in [0.05, 0.1) is 0 Å². The summed E-state index contributed by atoms with van der Waals surface area (Å²) in [6.07, 6.45) is 0. The molecular weight excluding hydrogens is 451 g/mol. The van der Waals surface area contributed by atoms with Crippen molar-refractivity contribution in [1.29, 1.82) is 0 Å². The molecule has 0 aromatic heterocycles. The first-order chi connectivity index (χ1) is 12.8. The largest absolute Gasteiger partial charge is 0.0683 e. The van der Waals surface area contributed by atoms with Gasteiger partial charge in [-0.15, -0.1) is 0 Å². The second kappa shape index (κ2) is 8.57. The quantitative estimate of drug-likeness (QED) is 0.300. The fraction of sp³-hybridized carbons (Fsp3) is 0.407. The van der Waals surface area contributed by atoms with E-state index < -0.39 is 0 Å². The lowest BCUT2D eigenvalue weighted by molar-refractivity contribution is 0.590. The molecule has 2 aromatic carbocycles. The van der Waals surface area contributed by atoms with Gasteiger partial charge < -0.3 is 0 Å². The molecule has 150 valence electrons. The Labute approximate surface area is 186 Å². The normalized spacial score (nSPS) is 13.2. The second-order valence-corrected chi connectivity index (χ2v) is 11.0. The van der Waals surface area contributed by atoms with Crippen LogP contribution in [0.5, 0.6) is 0 Å². The topological polar surface area (TPSA) is 0 Å². The average Bonchev–Trinajstić information content (AvgIpc) is 2.60. The molecule has 1 heteroatoms. The van der Waals surface area contributed by atoms with Crippen molar-refractivity contribution in [3.63, 3.8) is 0 Å². The molecule has 28 heavy (non-hydrogen) atoms. The lowest BCUT2D eigenvalue weighted by atomic mass is 9.85. The monoisotopic (exact) mass is 486 g/mol. The van der Waals surface area contributed by atoms with Crippen LogP contribution >= 0.6 is 22.6 Å². The van der Waals surface area contributed by atoms with Gasteiger partial charge in [0.15, 0.2) is 0 Å². The minimum Gasteiger partial charge on any atom is -0.0683 e. The van der Waals surface area contributed by atoms with Gasteiger partial charge in [0, 0.05) is 3.58 Å². The van der Waals surface area contributed by atoms with Gasteiger partial charge in [0.25, 0.3) is 0 Å². The summed E-state index contributed by atoms with van der Waals surface area (Å²) in [6.45, 7) is 20.2. The third-order valence-electron chi connectivity index (χ3n) is 5.25. The van der Waals surface area contributed by atoms with Crippen LogP contribution in [0.4, 0.5) is 0 Å². The van der Waals surface area contributed by atoms with Crippen molar-refractivity contribution in [2.24, 2.45) is 0 Å². The van der Waals surface area contributed by atoms with E-state index in [1.807, 2.05) is 0 Å².